The number of nitrogens with one attached hydrogen (secondary N) is 1. The van der Waals surface area contributed by atoms with Gasteiger partial charge in [-0.05, 0) is 32.0 Å². The van der Waals surface area contributed by atoms with E-state index in [1.54, 1.807) is 12.1 Å². The number of rotatable bonds is 5. The van der Waals surface area contributed by atoms with Crippen LogP contribution in [0.1, 0.15) is 35.5 Å². The van der Waals surface area contributed by atoms with Crippen LogP contribution < -0.4 is 5.32 Å². The molecule has 0 saturated carbocycles. The van der Waals surface area contributed by atoms with E-state index in [-0.39, 0.29) is 12.5 Å². The summed E-state index contributed by atoms with van der Waals surface area (Å²) in [5.74, 6) is -0.857. The van der Waals surface area contributed by atoms with Gasteiger partial charge in [-0.1, -0.05) is 36.4 Å². The predicted octanol–water partition coefficient (Wildman–Crippen LogP) is 3.80. The number of aromatic nitrogens is 1. The van der Waals surface area contributed by atoms with Crippen molar-refractivity contribution in [2.75, 3.05) is 18.5 Å². The highest BCUT2D eigenvalue weighted by molar-refractivity contribution is 6.06. The monoisotopic (exact) mass is 403 g/mol. The maximum atomic E-state index is 13.1. The number of ether oxygens (including phenoxy) is 1. The molecule has 0 spiro atoms. The van der Waals surface area contributed by atoms with Gasteiger partial charge < -0.3 is 10.1 Å². The zero-order valence-corrected chi connectivity index (χ0v) is 17.2. The van der Waals surface area contributed by atoms with Gasteiger partial charge in [0.1, 0.15) is 0 Å². The van der Waals surface area contributed by atoms with Gasteiger partial charge in [0, 0.05) is 47.9 Å². The van der Waals surface area contributed by atoms with E-state index in [4.69, 9.17) is 9.72 Å². The summed E-state index contributed by atoms with van der Waals surface area (Å²) in [6.45, 7) is 5.50. The molecule has 1 N–H and O–H groups in total. The molecule has 0 unspecified atom stereocenters. The topological polar surface area (TPSA) is 71.5 Å². The highest BCUT2D eigenvalue weighted by Gasteiger charge is 2.27. The van der Waals surface area contributed by atoms with Crippen LogP contribution in [-0.2, 0) is 22.5 Å². The fourth-order valence-corrected chi connectivity index (χ4v) is 3.81. The summed E-state index contributed by atoms with van der Waals surface area (Å²) in [6, 6.07) is 17.1. The minimum absolute atomic E-state index is 0.340. The van der Waals surface area contributed by atoms with Gasteiger partial charge in [-0.15, -0.1) is 0 Å². The van der Waals surface area contributed by atoms with Crippen LogP contribution in [0.2, 0.25) is 0 Å². The van der Waals surface area contributed by atoms with Gasteiger partial charge in [0.25, 0.3) is 5.91 Å². The van der Waals surface area contributed by atoms with Crippen molar-refractivity contribution < 1.29 is 14.3 Å². The summed E-state index contributed by atoms with van der Waals surface area (Å²) in [4.78, 5) is 32.5. The molecule has 30 heavy (non-hydrogen) atoms. The molecule has 4 rings (SSSR count). The van der Waals surface area contributed by atoms with Gasteiger partial charge in [-0.2, -0.15) is 0 Å². The maximum Gasteiger partial charge on any atom is 0.339 e. The first-order valence-electron chi connectivity index (χ1n) is 10.2. The summed E-state index contributed by atoms with van der Waals surface area (Å²) in [5.41, 5.74) is 3.80. The van der Waals surface area contributed by atoms with Crippen LogP contribution >= 0.6 is 0 Å². The molecule has 3 aromatic rings. The van der Waals surface area contributed by atoms with Gasteiger partial charge in [-0.25, -0.2) is 4.79 Å². The summed E-state index contributed by atoms with van der Waals surface area (Å²) in [7, 11) is 0. The summed E-state index contributed by atoms with van der Waals surface area (Å²) < 4.78 is 5.43. The van der Waals surface area contributed by atoms with Crippen LogP contribution in [0, 0.1) is 0 Å². The number of anilines is 1. The quantitative estimate of drug-likeness (QED) is 0.656. The lowest BCUT2D eigenvalue weighted by molar-refractivity contribution is -0.119. The van der Waals surface area contributed by atoms with Gasteiger partial charge >= 0.3 is 5.97 Å². The standard InChI is InChI=1S/C24H25N3O3/c1-16(2)27-13-12-21-19(14-27)23(18-10-6-7-11-20(18)26-21)24(29)30-15-22(28)25-17-8-4-3-5-9-17/h3-11,16H,12-15H2,1-2H3,(H,25,28). The third-order valence-corrected chi connectivity index (χ3v) is 5.40. The van der Waals surface area contributed by atoms with Crippen LogP contribution in [-0.4, -0.2) is 41.0 Å². The second-order valence-corrected chi connectivity index (χ2v) is 7.73. The average molecular weight is 403 g/mol. The molecular formula is C24H25N3O3. The van der Waals surface area contributed by atoms with Crippen molar-refractivity contribution in [3.05, 3.63) is 71.4 Å². The smallest absolute Gasteiger partial charge is 0.339 e. The summed E-state index contributed by atoms with van der Waals surface area (Å²) in [6.07, 6.45) is 0.785. The number of amides is 1. The number of pyridine rings is 1. The molecule has 6 nitrogen and oxygen atoms in total. The molecule has 2 aromatic carbocycles. The number of para-hydroxylation sites is 2. The van der Waals surface area contributed by atoms with Crippen LogP contribution in [0.25, 0.3) is 10.9 Å². The molecule has 0 radical (unpaired) electrons. The summed E-state index contributed by atoms with van der Waals surface area (Å²) in [5, 5.41) is 3.49. The Labute approximate surface area is 175 Å². The van der Waals surface area contributed by atoms with Crippen LogP contribution in [0.3, 0.4) is 0 Å². The first-order valence-corrected chi connectivity index (χ1v) is 10.2. The van der Waals surface area contributed by atoms with Gasteiger partial charge in [0.15, 0.2) is 6.61 Å². The molecular weight excluding hydrogens is 378 g/mol. The highest BCUT2D eigenvalue weighted by Crippen LogP contribution is 2.29. The zero-order chi connectivity index (χ0) is 21.1. The second-order valence-electron chi connectivity index (χ2n) is 7.73. The van der Waals surface area contributed by atoms with Gasteiger partial charge in [0.05, 0.1) is 11.1 Å². The molecule has 0 bridgehead atoms. The molecule has 2 heterocycles. The van der Waals surface area contributed by atoms with E-state index < -0.39 is 5.97 Å². The van der Waals surface area contributed by atoms with E-state index in [1.165, 1.54) is 0 Å². The molecule has 0 atom stereocenters. The van der Waals surface area contributed by atoms with Crippen LogP contribution in [0.15, 0.2) is 54.6 Å². The van der Waals surface area contributed by atoms with E-state index in [1.807, 2.05) is 42.5 Å². The van der Waals surface area contributed by atoms with Crippen molar-refractivity contribution in [2.24, 2.45) is 0 Å². The van der Waals surface area contributed by atoms with Crippen molar-refractivity contribution in [1.82, 2.24) is 9.88 Å². The molecule has 0 saturated heterocycles. The molecule has 0 fully saturated rings. The number of hydrogen-bond donors (Lipinski definition) is 1. The predicted molar refractivity (Wildman–Crippen MR) is 116 cm³/mol. The van der Waals surface area contributed by atoms with Crippen molar-refractivity contribution in [3.63, 3.8) is 0 Å². The van der Waals surface area contributed by atoms with Crippen molar-refractivity contribution in [2.45, 2.75) is 32.9 Å². The molecule has 1 aliphatic heterocycles. The van der Waals surface area contributed by atoms with E-state index >= 15 is 0 Å². The van der Waals surface area contributed by atoms with E-state index in [2.05, 4.69) is 24.1 Å². The number of benzene rings is 2. The Hall–Kier alpha value is -3.25. The highest BCUT2D eigenvalue weighted by atomic mass is 16.5. The fourth-order valence-electron chi connectivity index (χ4n) is 3.81. The van der Waals surface area contributed by atoms with Gasteiger partial charge in [0.2, 0.25) is 0 Å². The van der Waals surface area contributed by atoms with Crippen molar-refractivity contribution >= 4 is 28.5 Å². The van der Waals surface area contributed by atoms with Crippen LogP contribution in [0.5, 0.6) is 0 Å². The fraction of sp³-hybridized carbons (Fsp3) is 0.292. The number of fused-ring (bicyclic) bond motifs is 2. The van der Waals surface area contributed by atoms with Crippen molar-refractivity contribution in [3.8, 4) is 0 Å². The minimum atomic E-state index is -0.487. The SMILES string of the molecule is CC(C)N1CCc2nc3ccccc3c(C(=O)OCC(=O)Nc3ccccc3)c2C1. The average Bonchev–Trinajstić information content (AvgIpc) is 2.76. The molecule has 1 aliphatic rings. The molecule has 154 valence electrons. The van der Waals surface area contributed by atoms with Crippen LogP contribution in [0.4, 0.5) is 5.69 Å². The maximum absolute atomic E-state index is 13.1. The van der Waals surface area contributed by atoms with E-state index in [0.29, 0.717) is 23.8 Å². The number of carbonyl (C=O) groups is 2. The third kappa shape index (κ3) is 4.19. The normalized spacial score (nSPS) is 13.8. The number of hydrogen-bond acceptors (Lipinski definition) is 5. The number of carbonyl (C=O) groups excluding carboxylic acids is 2. The van der Waals surface area contributed by atoms with Crippen molar-refractivity contribution in [1.29, 1.82) is 0 Å². The molecule has 1 amide bonds. The Bertz CT molecular complexity index is 1080. The van der Waals surface area contributed by atoms with Gasteiger partial charge in [-0.3, -0.25) is 14.7 Å². The van der Waals surface area contributed by atoms with E-state index in [9.17, 15) is 9.59 Å². The zero-order valence-electron chi connectivity index (χ0n) is 17.2. The Balaban J connectivity index is 1.60. The first kappa shape index (κ1) is 20.0. The second kappa shape index (κ2) is 8.63. The Morgan fingerprint density at radius 1 is 1.10 bits per heavy atom. The largest absolute Gasteiger partial charge is 0.452 e. The Kier molecular flexibility index (Phi) is 5.77. The first-order chi connectivity index (χ1) is 14.5. The number of nitrogens with zero attached hydrogens (tertiary/aromatic N) is 2. The lowest BCUT2D eigenvalue weighted by Gasteiger charge is -2.32. The lowest BCUT2D eigenvalue weighted by atomic mass is 9.95. The number of esters is 1. The Morgan fingerprint density at radius 3 is 2.60 bits per heavy atom. The molecule has 6 heteroatoms. The third-order valence-electron chi connectivity index (χ3n) is 5.40. The molecule has 0 aliphatic carbocycles. The minimum Gasteiger partial charge on any atom is -0.452 e. The lowest BCUT2D eigenvalue weighted by Crippen LogP contribution is -2.37. The van der Waals surface area contributed by atoms with E-state index in [0.717, 1.165) is 35.1 Å². The summed E-state index contributed by atoms with van der Waals surface area (Å²) >= 11 is 0. The molecule has 1 aromatic heterocycles. The Morgan fingerprint density at radius 2 is 1.83 bits per heavy atom.